The van der Waals surface area contributed by atoms with Gasteiger partial charge in [0.1, 0.15) is 0 Å². The van der Waals surface area contributed by atoms with Crippen molar-refractivity contribution in [2.75, 3.05) is 24.2 Å². The van der Waals surface area contributed by atoms with Crippen molar-refractivity contribution in [3.05, 3.63) is 24.3 Å². The molecule has 4 nitrogen and oxygen atoms in total. The summed E-state index contributed by atoms with van der Waals surface area (Å²) in [6.07, 6.45) is 1.98. The van der Waals surface area contributed by atoms with Crippen LogP contribution in [-0.4, -0.2) is 31.2 Å². The Balaban J connectivity index is 2.29. The van der Waals surface area contributed by atoms with Crippen LogP contribution >= 0.6 is 11.8 Å². The first kappa shape index (κ1) is 11.0. The van der Waals surface area contributed by atoms with Crippen molar-refractivity contribution in [2.24, 2.45) is 0 Å². The van der Waals surface area contributed by atoms with Crippen LogP contribution in [0.4, 0.5) is 5.69 Å². The van der Waals surface area contributed by atoms with E-state index in [0.29, 0.717) is 0 Å². The summed E-state index contributed by atoms with van der Waals surface area (Å²) in [7, 11) is 0. The van der Waals surface area contributed by atoms with Gasteiger partial charge < -0.3 is 4.90 Å². The van der Waals surface area contributed by atoms with Crippen molar-refractivity contribution in [1.82, 2.24) is 5.32 Å². The van der Waals surface area contributed by atoms with E-state index in [4.69, 9.17) is 0 Å². The van der Waals surface area contributed by atoms with Crippen LogP contribution in [0.25, 0.3) is 0 Å². The molecule has 1 heterocycles. The van der Waals surface area contributed by atoms with Gasteiger partial charge in [-0.2, -0.15) is 0 Å². The summed E-state index contributed by atoms with van der Waals surface area (Å²) < 4.78 is 0. The molecule has 1 aromatic rings. The maximum Gasteiger partial charge on any atom is 0.246 e. The average Bonchev–Trinajstić information content (AvgIpc) is 2.27. The molecule has 0 aromatic heterocycles. The van der Waals surface area contributed by atoms with Gasteiger partial charge in [0.15, 0.2) is 0 Å². The highest BCUT2D eigenvalue weighted by Crippen LogP contribution is 2.28. The van der Waals surface area contributed by atoms with Crippen molar-refractivity contribution < 1.29 is 9.59 Å². The Bertz CT molecular complexity index is 418. The van der Waals surface area contributed by atoms with E-state index in [9.17, 15) is 9.59 Å². The summed E-state index contributed by atoms with van der Waals surface area (Å²) in [5.74, 6) is -0.487. The van der Waals surface area contributed by atoms with Gasteiger partial charge in [-0.1, -0.05) is 12.1 Å². The molecular formula is C11H12N2O2S. The number of anilines is 1. The first-order chi connectivity index (χ1) is 7.70. The zero-order valence-electron chi connectivity index (χ0n) is 8.90. The molecule has 0 bridgehead atoms. The van der Waals surface area contributed by atoms with Crippen molar-refractivity contribution in [3.63, 3.8) is 0 Å². The van der Waals surface area contributed by atoms with E-state index < -0.39 is 0 Å². The Morgan fingerprint density at radius 2 is 1.81 bits per heavy atom. The fraction of sp³-hybridized carbons (Fsp3) is 0.273. The van der Waals surface area contributed by atoms with E-state index in [1.54, 1.807) is 16.7 Å². The Labute approximate surface area is 98.0 Å². The van der Waals surface area contributed by atoms with Gasteiger partial charge in [0.05, 0.1) is 18.8 Å². The summed E-state index contributed by atoms with van der Waals surface area (Å²) in [5, 5.41) is 2.29. The molecule has 1 fully saturated rings. The zero-order chi connectivity index (χ0) is 11.5. The SMILES string of the molecule is CSc1ccccc1N1CC(=O)NC(=O)C1. The predicted molar refractivity (Wildman–Crippen MR) is 63.6 cm³/mol. The van der Waals surface area contributed by atoms with Crippen LogP contribution in [0, 0.1) is 0 Å². The lowest BCUT2D eigenvalue weighted by atomic mass is 10.2. The second-order valence-corrected chi connectivity index (χ2v) is 4.35. The number of nitrogens with zero attached hydrogens (tertiary/aromatic N) is 1. The van der Waals surface area contributed by atoms with Crippen LogP contribution in [0.15, 0.2) is 29.2 Å². The predicted octanol–water partition coefficient (Wildman–Crippen LogP) is 0.871. The normalized spacial score (nSPS) is 16.2. The molecule has 5 heteroatoms. The molecule has 0 unspecified atom stereocenters. The monoisotopic (exact) mass is 236 g/mol. The molecular weight excluding hydrogens is 224 g/mol. The van der Waals surface area contributed by atoms with Gasteiger partial charge in [0.25, 0.3) is 0 Å². The number of imide groups is 1. The molecule has 2 amide bonds. The van der Waals surface area contributed by atoms with Crippen LogP contribution in [-0.2, 0) is 9.59 Å². The first-order valence-electron chi connectivity index (χ1n) is 4.91. The zero-order valence-corrected chi connectivity index (χ0v) is 9.71. The third-order valence-electron chi connectivity index (χ3n) is 2.37. The number of amides is 2. The van der Waals surface area contributed by atoms with Gasteiger partial charge in [-0.15, -0.1) is 11.8 Å². The Hall–Kier alpha value is -1.49. The van der Waals surface area contributed by atoms with Gasteiger partial charge in [0.2, 0.25) is 11.8 Å². The molecule has 1 aliphatic heterocycles. The van der Waals surface area contributed by atoms with E-state index >= 15 is 0 Å². The maximum atomic E-state index is 11.3. The number of para-hydroxylation sites is 1. The molecule has 2 rings (SSSR count). The molecule has 0 saturated carbocycles. The summed E-state index contributed by atoms with van der Waals surface area (Å²) in [6.45, 7) is 0.479. The lowest BCUT2D eigenvalue weighted by Crippen LogP contribution is -2.51. The van der Waals surface area contributed by atoms with E-state index in [1.807, 2.05) is 30.5 Å². The highest BCUT2D eigenvalue weighted by Gasteiger charge is 2.23. The Kier molecular flexibility index (Phi) is 3.14. The lowest BCUT2D eigenvalue weighted by Gasteiger charge is -2.28. The third kappa shape index (κ3) is 2.19. The van der Waals surface area contributed by atoms with Crippen molar-refractivity contribution in [1.29, 1.82) is 0 Å². The summed E-state index contributed by atoms with van der Waals surface area (Å²) in [5.41, 5.74) is 0.943. The minimum absolute atomic E-state index is 0.239. The van der Waals surface area contributed by atoms with E-state index in [1.165, 1.54) is 0 Å². The minimum Gasteiger partial charge on any atom is -0.352 e. The van der Waals surface area contributed by atoms with E-state index in [-0.39, 0.29) is 24.9 Å². The van der Waals surface area contributed by atoms with Gasteiger partial charge in [-0.3, -0.25) is 14.9 Å². The van der Waals surface area contributed by atoms with Gasteiger partial charge in [-0.25, -0.2) is 0 Å². The molecule has 1 aromatic carbocycles. The molecule has 0 aliphatic carbocycles. The van der Waals surface area contributed by atoms with Crippen molar-refractivity contribution >= 4 is 29.3 Å². The summed E-state index contributed by atoms with van der Waals surface area (Å²) in [4.78, 5) is 25.4. The highest BCUT2D eigenvalue weighted by atomic mass is 32.2. The fourth-order valence-electron chi connectivity index (χ4n) is 1.70. The van der Waals surface area contributed by atoms with Crippen LogP contribution in [0.1, 0.15) is 0 Å². The topological polar surface area (TPSA) is 49.4 Å². The quantitative estimate of drug-likeness (QED) is 0.611. The summed E-state index contributed by atoms with van der Waals surface area (Å²) >= 11 is 1.61. The van der Waals surface area contributed by atoms with Gasteiger partial charge in [0, 0.05) is 4.90 Å². The molecule has 16 heavy (non-hydrogen) atoms. The minimum atomic E-state index is -0.243. The summed E-state index contributed by atoms with van der Waals surface area (Å²) in [6, 6.07) is 7.77. The Morgan fingerprint density at radius 3 is 2.44 bits per heavy atom. The van der Waals surface area contributed by atoms with Crippen LogP contribution in [0.5, 0.6) is 0 Å². The first-order valence-corrected chi connectivity index (χ1v) is 6.14. The second kappa shape index (κ2) is 4.57. The molecule has 0 radical (unpaired) electrons. The smallest absolute Gasteiger partial charge is 0.246 e. The number of thioether (sulfide) groups is 1. The average molecular weight is 236 g/mol. The van der Waals surface area contributed by atoms with Crippen LogP contribution in [0.3, 0.4) is 0 Å². The number of carbonyl (C=O) groups excluding carboxylic acids is 2. The molecule has 1 aliphatic rings. The molecule has 84 valence electrons. The Morgan fingerprint density at radius 1 is 1.19 bits per heavy atom. The van der Waals surface area contributed by atoms with Gasteiger partial charge in [-0.05, 0) is 18.4 Å². The fourth-order valence-corrected chi connectivity index (χ4v) is 2.32. The lowest BCUT2D eigenvalue weighted by molar-refractivity contribution is -0.130. The second-order valence-electron chi connectivity index (χ2n) is 3.50. The standard InChI is InChI=1S/C11H12N2O2S/c1-16-9-5-3-2-4-8(9)13-6-10(14)12-11(15)7-13/h2-5H,6-7H2,1H3,(H,12,14,15). The highest BCUT2D eigenvalue weighted by molar-refractivity contribution is 7.98. The number of carbonyl (C=O) groups is 2. The number of rotatable bonds is 2. The van der Waals surface area contributed by atoms with Gasteiger partial charge >= 0.3 is 0 Å². The number of hydrogen-bond donors (Lipinski definition) is 1. The molecule has 1 saturated heterocycles. The van der Waals surface area contributed by atoms with Crippen LogP contribution < -0.4 is 10.2 Å². The van der Waals surface area contributed by atoms with Crippen LogP contribution in [0.2, 0.25) is 0 Å². The van der Waals surface area contributed by atoms with E-state index in [0.717, 1.165) is 10.6 Å². The molecule has 0 spiro atoms. The number of hydrogen-bond acceptors (Lipinski definition) is 4. The molecule has 1 N–H and O–H groups in total. The number of benzene rings is 1. The van der Waals surface area contributed by atoms with Crippen molar-refractivity contribution in [2.45, 2.75) is 4.90 Å². The number of nitrogens with one attached hydrogen (secondary N) is 1. The maximum absolute atomic E-state index is 11.3. The number of piperazine rings is 1. The van der Waals surface area contributed by atoms with Crippen molar-refractivity contribution in [3.8, 4) is 0 Å². The third-order valence-corrected chi connectivity index (χ3v) is 3.16. The van der Waals surface area contributed by atoms with E-state index in [2.05, 4.69) is 5.32 Å². The molecule has 0 atom stereocenters. The largest absolute Gasteiger partial charge is 0.352 e.